The van der Waals surface area contributed by atoms with Gasteiger partial charge in [0, 0.05) is 32.2 Å². The number of halogens is 1. The summed E-state index contributed by atoms with van der Waals surface area (Å²) in [4.78, 5) is 7.47. The molecule has 2 heterocycles. The molecular weight excluding hydrogens is 465 g/mol. The van der Waals surface area contributed by atoms with E-state index in [0.717, 1.165) is 30.1 Å². The number of hydrogen-bond donors (Lipinski definition) is 2. The van der Waals surface area contributed by atoms with Crippen molar-refractivity contribution in [3.63, 3.8) is 0 Å². The van der Waals surface area contributed by atoms with E-state index in [-0.39, 0.29) is 24.0 Å². The van der Waals surface area contributed by atoms with E-state index in [1.54, 1.807) is 0 Å². The number of aromatic nitrogens is 3. The van der Waals surface area contributed by atoms with Crippen molar-refractivity contribution in [3.05, 3.63) is 11.6 Å². The second kappa shape index (κ2) is 11.3. The van der Waals surface area contributed by atoms with E-state index in [1.165, 1.54) is 51.6 Å². The van der Waals surface area contributed by atoms with E-state index < -0.39 is 0 Å². The summed E-state index contributed by atoms with van der Waals surface area (Å²) in [6, 6.07) is 1.16. The number of aryl methyl sites for hydroxylation is 1. The summed E-state index contributed by atoms with van der Waals surface area (Å²) in [5.74, 6) is 3.48. The number of rotatable bonds is 7. The van der Waals surface area contributed by atoms with Gasteiger partial charge in [0.25, 0.3) is 0 Å². The Morgan fingerprint density at radius 3 is 2.57 bits per heavy atom. The summed E-state index contributed by atoms with van der Waals surface area (Å²) < 4.78 is 2.01. The van der Waals surface area contributed by atoms with Crippen LogP contribution in [0.1, 0.15) is 64.0 Å². The van der Waals surface area contributed by atoms with Gasteiger partial charge in [-0.15, -0.1) is 34.2 Å². The molecule has 7 nitrogen and oxygen atoms in total. The number of aliphatic imine (C=N–C) groups is 1. The summed E-state index contributed by atoms with van der Waals surface area (Å²) in [6.07, 6.45) is 7.70. The van der Waals surface area contributed by atoms with E-state index in [1.807, 2.05) is 18.5 Å². The molecule has 28 heavy (non-hydrogen) atoms. The van der Waals surface area contributed by atoms with Gasteiger partial charge >= 0.3 is 0 Å². The number of guanidine groups is 1. The Kier molecular flexibility index (Phi) is 9.46. The van der Waals surface area contributed by atoms with Gasteiger partial charge in [-0.3, -0.25) is 4.90 Å². The smallest absolute Gasteiger partial charge is 0.191 e. The minimum absolute atomic E-state index is 0. The standard InChI is InChI=1S/C20H37N7.HI/c1-15(2)14-27-11-7-10-18(27)12-21-20(23-17-8-5-6-9-17)22-13-19-25-24-16(3)26(19)4;/h15,17-18H,5-14H2,1-4H3,(H2,21,22,23);1H/t18-;/m1./s1. The molecule has 0 unspecified atom stereocenters. The highest BCUT2D eigenvalue weighted by Gasteiger charge is 2.25. The fourth-order valence-corrected chi connectivity index (χ4v) is 4.20. The van der Waals surface area contributed by atoms with Crippen LogP contribution < -0.4 is 10.6 Å². The first-order valence-electron chi connectivity index (χ1n) is 10.7. The monoisotopic (exact) mass is 503 g/mol. The normalized spacial score (nSPS) is 21.3. The lowest BCUT2D eigenvalue weighted by Gasteiger charge is -2.27. The van der Waals surface area contributed by atoms with E-state index in [2.05, 4.69) is 39.6 Å². The van der Waals surface area contributed by atoms with Crippen LogP contribution in [0, 0.1) is 12.8 Å². The summed E-state index contributed by atoms with van der Waals surface area (Å²) >= 11 is 0. The molecule has 1 aliphatic heterocycles. The Morgan fingerprint density at radius 1 is 1.18 bits per heavy atom. The number of likely N-dealkylation sites (tertiary alicyclic amines) is 1. The van der Waals surface area contributed by atoms with Crippen LogP contribution in [0.3, 0.4) is 0 Å². The Bertz CT molecular complexity index is 622. The first-order valence-corrected chi connectivity index (χ1v) is 10.7. The van der Waals surface area contributed by atoms with Gasteiger partial charge in [0.1, 0.15) is 12.4 Å². The third-order valence-corrected chi connectivity index (χ3v) is 5.86. The lowest BCUT2D eigenvalue weighted by atomic mass is 10.1. The molecular formula is C20H38IN7. The molecule has 2 aliphatic rings. The maximum atomic E-state index is 4.83. The lowest BCUT2D eigenvalue weighted by molar-refractivity contribution is 0.226. The Morgan fingerprint density at radius 2 is 1.93 bits per heavy atom. The molecule has 3 rings (SSSR count). The van der Waals surface area contributed by atoms with Crippen LogP contribution in [-0.2, 0) is 13.6 Å². The molecule has 0 aromatic carbocycles. The second-order valence-corrected chi connectivity index (χ2v) is 8.58. The third-order valence-electron chi connectivity index (χ3n) is 5.86. The SMILES string of the molecule is Cc1nnc(CN=C(NC[C@H]2CCCN2CC(C)C)NC2CCCC2)n1C.I. The molecule has 0 bridgehead atoms. The molecule has 1 aliphatic carbocycles. The highest BCUT2D eigenvalue weighted by atomic mass is 127. The van der Waals surface area contributed by atoms with Crippen LogP contribution in [0.4, 0.5) is 0 Å². The van der Waals surface area contributed by atoms with Crippen LogP contribution >= 0.6 is 24.0 Å². The van der Waals surface area contributed by atoms with Gasteiger partial charge in [-0.2, -0.15) is 0 Å². The zero-order chi connectivity index (χ0) is 19.2. The molecule has 2 fully saturated rings. The van der Waals surface area contributed by atoms with Crippen LogP contribution in [-0.4, -0.2) is 57.3 Å². The molecule has 2 N–H and O–H groups in total. The van der Waals surface area contributed by atoms with Crippen LogP contribution in [0.25, 0.3) is 0 Å². The summed E-state index contributed by atoms with van der Waals surface area (Å²) in [5, 5.41) is 15.7. The first-order chi connectivity index (χ1) is 13.0. The molecule has 0 radical (unpaired) electrons. The van der Waals surface area contributed by atoms with Crippen molar-refractivity contribution in [2.45, 2.75) is 77.9 Å². The van der Waals surface area contributed by atoms with Crippen molar-refractivity contribution >= 4 is 29.9 Å². The van der Waals surface area contributed by atoms with Crippen molar-refractivity contribution < 1.29 is 0 Å². The fraction of sp³-hybridized carbons (Fsp3) is 0.850. The van der Waals surface area contributed by atoms with Crippen molar-refractivity contribution in [2.24, 2.45) is 18.0 Å². The van der Waals surface area contributed by atoms with Crippen molar-refractivity contribution in [3.8, 4) is 0 Å². The van der Waals surface area contributed by atoms with Crippen LogP contribution in [0.2, 0.25) is 0 Å². The molecule has 1 aromatic rings. The molecule has 1 saturated carbocycles. The predicted octanol–water partition coefficient (Wildman–Crippen LogP) is 2.84. The topological polar surface area (TPSA) is 70.4 Å². The largest absolute Gasteiger partial charge is 0.355 e. The summed E-state index contributed by atoms with van der Waals surface area (Å²) in [5.41, 5.74) is 0. The van der Waals surface area contributed by atoms with Crippen molar-refractivity contribution in [2.75, 3.05) is 19.6 Å². The van der Waals surface area contributed by atoms with Gasteiger partial charge in [-0.25, -0.2) is 4.99 Å². The van der Waals surface area contributed by atoms with E-state index in [9.17, 15) is 0 Å². The van der Waals surface area contributed by atoms with E-state index in [0.29, 0.717) is 18.6 Å². The Balaban J connectivity index is 0.00000280. The third kappa shape index (κ3) is 6.57. The highest BCUT2D eigenvalue weighted by molar-refractivity contribution is 14.0. The van der Waals surface area contributed by atoms with Gasteiger partial charge in [0.15, 0.2) is 11.8 Å². The average molecular weight is 503 g/mol. The molecule has 160 valence electrons. The average Bonchev–Trinajstić information content (AvgIpc) is 3.35. The zero-order valence-electron chi connectivity index (χ0n) is 17.9. The summed E-state index contributed by atoms with van der Waals surface area (Å²) in [6.45, 7) is 10.5. The van der Waals surface area contributed by atoms with Crippen molar-refractivity contribution in [1.82, 2.24) is 30.3 Å². The van der Waals surface area contributed by atoms with Gasteiger partial charge < -0.3 is 15.2 Å². The molecule has 0 spiro atoms. The molecule has 1 aromatic heterocycles. The minimum atomic E-state index is 0. The fourth-order valence-electron chi connectivity index (χ4n) is 4.20. The zero-order valence-corrected chi connectivity index (χ0v) is 20.3. The molecule has 0 amide bonds. The quantitative estimate of drug-likeness (QED) is 0.340. The first kappa shape index (κ1) is 23.4. The van der Waals surface area contributed by atoms with E-state index in [4.69, 9.17) is 4.99 Å². The van der Waals surface area contributed by atoms with Crippen LogP contribution in [0.5, 0.6) is 0 Å². The Labute approximate surface area is 187 Å². The number of hydrogen-bond acceptors (Lipinski definition) is 4. The number of nitrogens with one attached hydrogen (secondary N) is 2. The predicted molar refractivity (Wildman–Crippen MR) is 125 cm³/mol. The lowest BCUT2D eigenvalue weighted by Crippen LogP contribution is -2.47. The molecule has 8 heteroatoms. The minimum Gasteiger partial charge on any atom is -0.355 e. The van der Waals surface area contributed by atoms with Gasteiger partial charge in [0.05, 0.1) is 0 Å². The number of nitrogens with zero attached hydrogens (tertiary/aromatic N) is 5. The summed E-state index contributed by atoms with van der Waals surface area (Å²) in [7, 11) is 2.00. The van der Waals surface area contributed by atoms with E-state index >= 15 is 0 Å². The molecule has 1 saturated heterocycles. The highest BCUT2D eigenvalue weighted by Crippen LogP contribution is 2.19. The van der Waals surface area contributed by atoms with Gasteiger partial charge in [-0.05, 0) is 45.1 Å². The van der Waals surface area contributed by atoms with Crippen LogP contribution in [0.15, 0.2) is 4.99 Å². The maximum Gasteiger partial charge on any atom is 0.191 e. The van der Waals surface area contributed by atoms with Gasteiger partial charge in [-0.1, -0.05) is 26.7 Å². The molecule has 1 atom stereocenters. The second-order valence-electron chi connectivity index (χ2n) is 8.58. The Hall–Kier alpha value is -0.900. The van der Waals surface area contributed by atoms with Crippen molar-refractivity contribution in [1.29, 1.82) is 0 Å². The van der Waals surface area contributed by atoms with Gasteiger partial charge in [0.2, 0.25) is 0 Å². The maximum absolute atomic E-state index is 4.83.